The summed E-state index contributed by atoms with van der Waals surface area (Å²) in [6.45, 7) is 11.4. The molecule has 2 fully saturated rings. The topological polar surface area (TPSA) is 116 Å². The van der Waals surface area contributed by atoms with Gasteiger partial charge < -0.3 is 24.8 Å². The van der Waals surface area contributed by atoms with Gasteiger partial charge in [0.2, 0.25) is 17.7 Å². The number of aliphatic hydroxyl groups excluding tert-OH is 1. The molecule has 0 radical (unpaired) electrons. The number of nitrogens with one attached hydrogen (secondary N) is 1. The second kappa shape index (κ2) is 16.7. The number of likely N-dealkylation sites (tertiary alicyclic amines) is 1. The lowest BCUT2D eigenvalue weighted by Gasteiger charge is -2.34. The van der Waals surface area contributed by atoms with E-state index in [1.165, 1.54) is 0 Å². The fraction of sp³-hybridized carbons (Fsp3) is 0.515. The average Bonchev–Trinajstić information content (AvgIpc) is 3.04. The summed E-state index contributed by atoms with van der Waals surface area (Å²) in [6.07, 6.45) is 5.29. The van der Waals surface area contributed by atoms with E-state index in [0.29, 0.717) is 52.3 Å². The van der Waals surface area contributed by atoms with Crippen LogP contribution in [0.5, 0.6) is 11.6 Å². The van der Waals surface area contributed by atoms with E-state index < -0.39 is 6.29 Å². The van der Waals surface area contributed by atoms with Crippen molar-refractivity contribution in [2.45, 2.75) is 45.9 Å². The molecule has 0 aliphatic carbocycles. The first-order chi connectivity index (χ1) is 22.2. The van der Waals surface area contributed by atoms with Crippen molar-refractivity contribution in [3.05, 3.63) is 58.3 Å². The number of anilines is 1. The zero-order valence-corrected chi connectivity index (χ0v) is 28.0. The summed E-state index contributed by atoms with van der Waals surface area (Å²) in [5, 5.41) is 13.9. The van der Waals surface area contributed by atoms with E-state index in [2.05, 4.69) is 36.1 Å². The summed E-state index contributed by atoms with van der Waals surface area (Å²) in [7, 11) is 0. The van der Waals surface area contributed by atoms with Crippen molar-refractivity contribution in [3.63, 3.8) is 0 Å². The van der Waals surface area contributed by atoms with Gasteiger partial charge in [-0.3, -0.25) is 14.6 Å². The smallest absolute Gasteiger partial charge is 0.225 e. The van der Waals surface area contributed by atoms with Crippen molar-refractivity contribution < 1.29 is 19.4 Å². The molecule has 13 heteroatoms. The molecule has 248 valence electrons. The fourth-order valence-corrected chi connectivity index (χ4v) is 6.36. The average molecular weight is 673 g/mol. The lowest BCUT2D eigenvalue weighted by molar-refractivity contribution is -0.119. The van der Waals surface area contributed by atoms with Crippen molar-refractivity contribution in [2.75, 3.05) is 63.9 Å². The first-order valence-electron chi connectivity index (χ1n) is 15.9. The molecule has 1 amide bonds. The molecule has 0 spiro atoms. The Balaban J connectivity index is 1.24. The molecule has 2 N–H and O–H groups in total. The van der Waals surface area contributed by atoms with E-state index in [0.717, 1.165) is 82.9 Å². The molecule has 2 aromatic heterocycles. The van der Waals surface area contributed by atoms with E-state index in [1.807, 2.05) is 25.1 Å². The summed E-state index contributed by atoms with van der Waals surface area (Å²) >= 11 is 12.7. The first-order valence-corrected chi connectivity index (χ1v) is 16.7. The summed E-state index contributed by atoms with van der Waals surface area (Å²) in [4.78, 5) is 32.2. The molecule has 1 atom stereocenters. The van der Waals surface area contributed by atoms with Crippen molar-refractivity contribution in [1.82, 2.24) is 30.1 Å². The number of aliphatic hydroxyl groups is 1. The van der Waals surface area contributed by atoms with E-state index in [9.17, 15) is 9.90 Å². The van der Waals surface area contributed by atoms with Gasteiger partial charge in [0.25, 0.3) is 0 Å². The Kier molecular flexibility index (Phi) is 12.4. The van der Waals surface area contributed by atoms with Gasteiger partial charge in [-0.15, -0.1) is 0 Å². The van der Waals surface area contributed by atoms with Crippen LogP contribution in [0.25, 0.3) is 11.3 Å². The van der Waals surface area contributed by atoms with Gasteiger partial charge in [0, 0.05) is 87.4 Å². The maximum absolute atomic E-state index is 11.3. The molecule has 46 heavy (non-hydrogen) atoms. The van der Waals surface area contributed by atoms with Gasteiger partial charge in [-0.1, -0.05) is 23.2 Å². The van der Waals surface area contributed by atoms with Crippen LogP contribution in [0, 0.1) is 5.92 Å². The third kappa shape index (κ3) is 10.2. The Labute approximate surface area is 280 Å². The molecule has 2 saturated heterocycles. The summed E-state index contributed by atoms with van der Waals surface area (Å²) < 4.78 is 11.4. The number of benzene rings is 1. The lowest BCUT2D eigenvalue weighted by atomic mass is 9.96. The van der Waals surface area contributed by atoms with Crippen molar-refractivity contribution in [1.29, 1.82) is 0 Å². The van der Waals surface area contributed by atoms with Crippen molar-refractivity contribution >= 4 is 35.1 Å². The fourth-order valence-electron chi connectivity index (χ4n) is 5.83. The minimum Gasteiger partial charge on any atom is -0.436 e. The SMILES string of the molecule is CCOC(O)CCN1CCN(c2ncc(Oc3cc(CN4CCC(CNC(C)=O)CC4)cc(-c4cc(Cl)cc(Cl)c4)n3)cn2)CC1. The molecule has 11 nitrogen and oxygen atoms in total. The number of piperazine rings is 1. The normalized spacial score (nSPS) is 17.2. The Morgan fingerprint density at radius 3 is 2.35 bits per heavy atom. The predicted molar refractivity (Wildman–Crippen MR) is 179 cm³/mol. The molecular formula is C33H43Cl2N7O4. The van der Waals surface area contributed by atoms with Gasteiger partial charge >= 0.3 is 0 Å². The molecule has 5 rings (SSSR count). The third-order valence-corrected chi connectivity index (χ3v) is 8.75. The highest BCUT2D eigenvalue weighted by Gasteiger charge is 2.22. The highest BCUT2D eigenvalue weighted by Crippen LogP contribution is 2.31. The Morgan fingerprint density at radius 1 is 1.00 bits per heavy atom. The second-order valence-electron chi connectivity index (χ2n) is 11.9. The van der Waals surface area contributed by atoms with Gasteiger partial charge in [-0.05, 0) is 68.6 Å². The maximum atomic E-state index is 11.3. The number of hydrogen-bond acceptors (Lipinski definition) is 10. The van der Waals surface area contributed by atoms with Gasteiger partial charge in [0.15, 0.2) is 12.0 Å². The van der Waals surface area contributed by atoms with Crippen LogP contribution < -0.4 is 15.0 Å². The van der Waals surface area contributed by atoms with Crippen LogP contribution in [0.3, 0.4) is 0 Å². The number of carbonyl (C=O) groups excluding carboxylic acids is 1. The minimum atomic E-state index is -0.715. The van der Waals surface area contributed by atoms with Crippen molar-refractivity contribution in [2.24, 2.45) is 5.92 Å². The Hall–Kier alpha value is -3.06. The van der Waals surface area contributed by atoms with Crippen LogP contribution in [0.1, 0.15) is 38.7 Å². The highest BCUT2D eigenvalue weighted by atomic mass is 35.5. The molecule has 1 aromatic carbocycles. The molecule has 0 bridgehead atoms. The number of amides is 1. The van der Waals surface area contributed by atoms with E-state index in [4.69, 9.17) is 37.7 Å². The predicted octanol–water partition coefficient (Wildman–Crippen LogP) is 4.85. The van der Waals surface area contributed by atoms with Gasteiger partial charge in [-0.2, -0.15) is 0 Å². The number of halogens is 2. The largest absolute Gasteiger partial charge is 0.436 e. The minimum absolute atomic E-state index is 0.0187. The van der Waals surface area contributed by atoms with Gasteiger partial charge in [0.05, 0.1) is 18.1 Å². The number of hydrogen-bond donors (Lipinski definition) is 2. The second-order valence-corrected chi connectivity index (χ2v) is 12.7. The molecule has 1 unspecified atom stereocenters. The number of ether oxygens (including phenoxy) is 2. The van der Waals surface area contributed by atoms with Crippen LogP contribution >= 0.6 is 23.2 Å². The van der Waals surface area contributed by atoms with Crippen LogP contribution in [0.2, 0.25) is 10.0 Å². The standard InChI is InChI=1S/C33H43Cl2N7O4/c1-3-45-32(44)6-9-40-10-12-42(13-11-40)33-37-20-29(21-38-33)46-31-15-25(14-30(39-31)26-16-27(34)18-28(35)17-26)22-41-7-4-24(5-8-41)19-36-23(2)43/h14-18,20-21,24,32,44H,3-13,19,22H2,1-2H3,(H,36,43). The molecule has 4 heterocycles. The third-order valence-electron chi connectivity index (χ3n) is 8.32. The van der Waals surface area contributed by atoms with Crippen LogP contribution in [-0.4, -0.2) is 101 Å². The molecule has 2 aliphatic rings. The molecule has 0 saturated carbocycles. The first kappa shape index (κ1) is 34.3. The highest BCUT2D eigenvalue weighted by molar-refractivity contribution is 6.35. The van der Waals surface area contributed by atoms with Gasteiger partial charge in [-0.25, -0.2) is 15.0 Å². The monoisotopic (exact) mass is 671 g/mol. The molecule has 2 aliphatic heterocycles. The maximum Gasteiger partial charge on any atom is 0.225 e. The number of nitrogens with zero attached hydrogens (tertiary/aromatic N) is 6. The number of rotatable bonds is 13. The van der Waals surface area contributed by atoms with Gasteiger partial charge in [0.1, 0.15) is 0 Å². The van der Waals surface area contributed by atoms with Crippen LogP contribution in [0.15, 0.2) is 42.7 Å². The quantitative estimate of drug-likeness (QED) is 0.244. The number of aromatic nitrogens is 3. The molecule has 3 aromatic rings. The Bertz CT molecular complexity index is 1410. The summed E-state index contributed by atoms with van der Waals surface area (Å²) in [6, 6.07) is 9.39. The van der Waals surface area contributed by atoms with E-state index >= 15 is 0 Å². The lowest BCUT2D eigenvalue weighted by Crippen LogP contribution is -2.47. The Morgan fingerprint density at radius 2 is 1.70 bits per heavy atom. The van der Waals surface area contributed by atoms with E-state index in [-0.39, 0.29) is 5.91 Å². The summed E-state index contributed by atoms with van der Waals surface area (Å²) in [5.74, 6) is 2.09. The molecular weight excluding hydrogens is 629 g/mol. The van der Waals surface area contributed by atoms with E-state index in [1.54, 1.807) is 25.4 Å². The van der Waals surface area contributed by atoms with Crippen LogP contribution in [0.4, 0.5) is 5.95 Å². The zero-order valence-electron chi connectivity index (χ0n) is 26.5. The number of carbonyl (C=O) groups is 1. The number of pyridine rings is 1. The van der Waals surface area contributed by atoms with Crippen LogP contribution in [-0.2, 0) is 16.1 Å². The number of piperidine rings is 1. The van der Waals surface area contributed by atoms with Crippen molar-refractivity contribution in [3.8, 4) is 22.9 Å². The zero-order chi connectivity index (χ0) is 32.5. The summed E-state index contributed by atoms with van der Waals surface area (Å²) in [5.41, 5.74) is 2.57.